The average molecular weight is 272 g/mol. The van der Waals surface area contributed by atoms with E-state index in [1.54, 1.807) is 24.3 Å². The summed E-state index contributed by atoms with van der Waals surface area (Å²) in [5, 5.41) is 0. The van der Waals surface area contributed by atoms with Crippen molar-refractivity contribution < 1.29 is 23.5 Å². The Labute approximate surface area is 113 Å². The van der Waals surface area contributed by atoms with E-state index in [0.29, 0.717) is 11.1 Å². The molecule has 1 heterocycles. The number of ether oxygens (including phenoxy) is 2. The Hall–Kier alpha value is -2.69. The maximum absolute atomic E-state index is 13.5. The molecule has 1 aliphatic rings. The van der Waals surface area contributed by atoms with Crippen LogP contribution in [0.25, 0.3) is 0 Å². The maximum Gasteiger partial charge on any atom is 0.344 e. The third kappa shape index (κ3) is 2.03. The fourth-order valence-electron chi connectivity index (χ4n) is 1.99. The number of carbonyl (C=O) groups excluding carboxylic acids is 2. The zero-order valence-electron chi connectivity index (χ0n) is 10.2. The number of hydrogen-bond acceptors (Lipinski definition) is 4. The molecule has 20 heavy (non-hydrogen) atoms. The first kappa shape index (κ1) is 12.3. The van der Waals surface area contributed by atoms with Gasteiger partial charge in [0.25, 0.3) is 6.29 Å². The van der Waals surface area contributed by atoms with Crippen molar-refractivity contribution in [2.45, 2.75) is 6.29 Å². The summed E-state index contributed by atoms with van der Waals surface area (Å²) in [4.78, 5) is 23.5. The van der Waals surface area contributed by atoms with Crippen LogP contribution in [0.3, 0.4) is 0 Å². The van der Waals surface area contributed by atoms with Crippen molar-refractivity contribution >= 4 is 11.9 Å². The Balaban J connectivity index is 1.85. The van der Waals surface area contributed by atoms with Gasteiger partial charge in [0.15, 0.2) is 0 Å². The molecule has 0 fully saturated rings. The molecular formula is C15H9FO4. The fraction of sp³-hybridized carbons (Fsp3) is 0.0667. The Morgan fingerprint density at radius 2 is 1.80 bits per heavy atom. The Morgan fingerprint density at radius 1 is 1.10 bits per heavy atom. The minimum absolute atomic E-state index is 0.201. The van der Waals surface area contributed by atoms with Crippen LogP contribution in [0, 0.1) is 5.82 Å². The first-order valence-electron chi connectivity index (χ1n) is 5.92. The van der Waals surface area contributed by atoms with Crippen molar-refractivity contribution in [1.29, 1.82) is 0 Å². The van der Waals surface area contributed by atoms with Crippen LogP contribution >= 0.6 is 0 Å². The molecule has 0 bridgehead atoms. The molecule has 0 aromatic heterocycles. The molecule has 0 saturated carbocycles. The maximum atomic E-state index is 13.5. The monoisotopic (exact) mass is 272 g/mol. The van der Waals surface area contributed by atoms with Crippen molar-refractivity contribution in [3.63, 3.8) is 0 Å². The highest BCUT2D eigenvalue weighted by Crippen LogP contribution is 2.31. The first-order chi connectivity index (χ1) is 9.66. The minimum atomic E-state index is -1.13. The predicted octanol–water partition coefficient (Wildman–Crippen LogP) is 2.85. The van der Waals surface area contributed by atoms with E-state index in [2.05, 4.69) is 0 Å². The van der Waals surface area contributed by atoms with Crippen LogP contribution in [0.5, 0.6) is 0 Å². The van der Waals surface area contributed by atoms with Crippen LogP contribution in [-0.2, 0) is 9.47 Å². The van der Waals surface area contributed by atoms with Gasteiger partial charge in [0.1, 0.15) is 5.82 Å². The second-order valence-corrected chi connectivity index (χ2v) is 4.21. The lowest BCUT2D eigenvalue weighted by atomic mass is 10.1. The van der Waals surface area contributed by atoms with Gasteiger partial charge in [0, 0.05) is 5.56 Å². The topological polar surface area (TPSA) is 52.6 Å². The van der Waals surface area contributed by atoms with Gasteiger partial charge < -0.3 is 9.47 Å². The van der Waals surface area contributed by atoms with Crippen molar-refractivity contribution in [3.8, 4) is 0 Å². The van der Waals surface area contributed by atoms with Crippen LogP contribution < -0.4 is 0 Å². The van der Waals surface area contributed by atoms with Gasteiger partial charge in [0.05, 0.1) is 11.1 Å². The van der Waals surface area contributed by atoms with Gasteiger partial charge in [-0.05, 0) is 18.2 Å². The van der Waals surface area contributed by atoms with Gasteiger partial charge in [-0.15, -0.1) is 0 Å². The standard InChI is InChI=1S/C15H9FO4/c16-12-8-4-3-7-11(12)14(18)20-15-10-6-2-1-5-9(10)13(17)19-15/h1-8,15H/t15-/m1/s1. The van der Waals surface area contributed by atoms with Crippen molar-refractivity contribution in [3.05, 3.63) is 71.0 Å². The fourth-order valence-corrected chi connectivity index (χ4v) is 1.99. The molecule has 0 radical (unpaired) electrons. The van der Waals surface area contributed by atoms with Gasteiger partial charge in [-0.25, -0.2) is 14.0 Å². The minimum Gasteiger partial charge on any atom is -0.417 e. The van der Waals surface area contributed by atoms with E-state index < -0.39 is 24.0 Å². The summed E-state index contributed by atoms with van der Waals surface area (Å²) in [6.07, 6.45) is -1.13. The summed E-state index contributed by atoms with van der Waals surface area (Å²) >= 11 is 0. The molecule has 0 amide bonds. The van der Waals surface area contributed by atoms with Crippen molar-refractivity contribution in [1.82, 2.24) is 0 Å². The Kier molecular flexibility index (Phi) is 2.95. The number of benzene rings is 2. The molecular weight excluding hydrogens is 263 g/mol. The molecule has 100 valence electrons. The van der Waals surface area contributed by atoms with Gasteiger partial charge in [-0.1, -0.05) is 30.3 Å². The number of carbonyl (C=O) groups is 2. The van der Waals surface area contributed by atoms with Crippen LogP contribution in [0.1, 0.15) is 32.6 Å². The molecule has 3 rings (SSSR count). The summed E-state index contributed by atoms with van der Waals surface area (Å²) in [5.74, 6) is -2.13. The molecule has 2 aromatic carbocycles. The second-order valence-electron chi connectivity index (χ2n) is 4.21. The van der Waals surface area contributed by atoms with E-state index in [1.165, 1.54) is 18.2 Å². The summed E-state index contributed by atoms with van der Waals surface area (Å²) < 4.78 is 23.5. The Morgan fingerprint density at radius 3 is 2.60 bits per heavy atom. The summed E-state index contributed by atoms with van der Waals surface area (Å²) in [6.45, 7) is 0. The quantitative estimate of drug-likeness (QED) is 0.789. The van der Waals surface area contributed by atoms with Crippen molar-refractivity contribution in [2.75, 3.05) is 0 Å². The molecule has 4 nitrogen and oxygen atoms in total. The van der Waals surface area contributed by atoms with E-state index in [0.717, 1.165) is 6.07 Å². The van der Waals surface area contributed by atoms with Crippen LogP contribution in [0.15, 0.2) is 48.5 Å². The third-order valence-electron chi connectivity index (χ3n) is 2.96. The zero-order valence-corrected chi connectivity index (χ0v) is 10.2. The second kappa shape index (κ2) is 4.77. The molecule has 0 N–H and O–H groups in total. The van der Waals surface area contributed by atoms with E-state index in [1.807, 2.05) is 0 Å². The van der Waals surface area contributed by atoms with Crippen LogP contribution in [-0.4, -0.2) is 11.9 Å². The summed E-state index contributed by atoms with van der Waals surface area (Å²) in [6, 6.07) is 12.0. The lowest BCUT2D eigenvalue weighted by molar-refractivity contribution is -0.0726. The van der Waals surface area contributed by atoms with E-state index in [9.17, 15) is 14.0 Å². The molecule has 2 aromatic rings. The first-order valence-corrected chi connectivity index (χ1v) is 5.92. The molecule has 1 atom stereocenters. The normalized spacial score (nSPS) is 16.4. The smallest absolute Gasteiger partial charge is 0.344 e. The van der Waals surface area contributed by atoms with Gasteiger partial charge in [-0.3, -0.25) is 0 Å². The van der Waals surface area contributed by atoms with Crippen LogP contribution in [0.2, 0.25) is 0 Å². The third-order valence-corrected chi connectivity index (χ3v) is 2.96. The number of halogens is 1. The molecule has 5 heteroatoms. The highest BCUT2D eigenvalue weighted by molar-refractivity contribution is 5.95. The van der Waals surface area contributed by atoms with Gasteiger partial charge in [-0.2, -0.15) is 0 Å². The van der Waals surface area contributed by atoms with E-state index >= 15 is 0 Å². The summed E-state index contributed by atoms with van der Waals surface area (Å²) in [7, 11) is 0. The largest absolute Gasteiger partial charge is 0.417 e. The van der Waals surface area contributed by atoms with E-state index in [4.69, 9.17) is 9.47 Å². The van der Waals surface area contributed by atoms with E-state index in [-0.39, 0.29) is 5.56 Å². The number of rotatable bonds is 2. The molecule has 1 aliphatic heterocycles. The zero-order chi connectivity index (χ0) is 14.1. The van der Waals surface area contributed by atoms with Crippen molar-refractivity contribution in [2.24, 2.45) is 0 Å². The SMILES string of the molecule is O=C(O[C@H]1OC(=O)c2ccccc21)c1ccccc1F. The Bertz CT molecular complexity index is 696. The molecule has 0 spiro atoms. The van der Waals surface area contributed by atoms with Crippen LogP contribution in [0.4, 0.5) is 4.39 Å². The lowest BCUT2D eigenvalue weighted by Crippen LogP contribution is -2.13. The summed E-state index contributed by atoms with van der Waals surface area (Å²) in [5.41, 5.74) is 0.606. The number of fused-ring (bicyclic) bond motifs is 1. The molecule has 0 unspecified atom stereocenters. The predicted molar refractivity (Wildman–Crippen MR) is 66.4 cm³/mol. The molecule has 0 aliphatic carbocycles. The van der Waals surface area contributed by atoms with Gasteiger partial charge in [0.2, 0.25) is 0 Å². The highest BCUT2D eigenvalue weighted by Gasteiger charge is 2.34. The number of hydrogen-bond donors (Lipinski definition) is 0. The van der Waals surface area contributed by atoms with Gasteiger partial charge >= 0.3 is 11.9 Å². The number of esters is 2. The highest BCUT2D eigenvalue weighted by atomic mass is 19.1. The lowest BCUT2D eigenvalue weighted by Gasteiger charge is -2.12. The molecule has 0 saturated heterocycles. The number of cyclic esters (lactones) is 1. The average Bonchev–Trinajstić information content (AvgIpc) is 2.76.